The number of ether oxygens (including phenoxy) is 2. The van der Waals surface area contributed by atoms with Gasteiger partial charge in [-0.3, -0.25) is 4.79 Å². The van der Waals surface area contributed by atoms with Crippen LogP contribution in [0.2, 0.25) is 0 Å². The van der Waals surface area contributed by atoms with Crippen molar-refractivity contribution in [3.05, 3.63) is 57.9 Å². The van der Waals surface area contributed by atoms with Crippen LogP contribution in [0.3, 0.4) is 0 Å². The van der Waals surface area contributed by atoms with Crippen LogP contribution in [0.15, 0.2) is 41.2 Å². The molecular formula is C17H13ClN2O3. The molecule has 0 atom stereocenters. The molecule has 0 fully saturated rings. The molecule has 2 aromatic carbocycles. The molecule has 1 N–H and O–H groups in total. The molecule has 0 amide bonds. The van der Waals surface area contributed by atoms with Crippen LogP contribution in [0.1, 0.15) is 11.1 Å². The molecule has 6 heteroatoms. The van der Waals surface area contributed by atoms with Crippen molar-refractivity contribution in [3.63, 3.8) is 0 Å². The summed E-state index contributed by atoms with van der Waals surface area (Å²) in [6.45, 7) is 0.673. The van der Waals surface area contributed by atoms with Crippen LogP contribution in [0.25, 0.3) is 22.3 Å². The van der Waals surface area contributed by atoms with E-state index in [0.717, 1.165) is 22.4 Å². The summed E-state index contributed by atoms with van der Waals surface area (Å²) in [5.74, 6) is 1.58. The van der Waals surface area contributed by atoms with Crippen LogP contribution in [0.5, 0.6) is 5.75 Å². The van der Waals surface area contributed by atoms with Gasteiger partial charge in [-0.25, -0.2) is 4.98 Å². The Kier molecular flexibility index (Phi) is 3.52. The molecule has 116 valence electrons. The zero-order chi connectivity index (χ0) is 15.8. The molecular weight excluding hydrogens is 316 g/mol. The Morgan fingerprint density at radius 2 is 2.13 bits per heavy atom. The van der Waals surface area contributed by atoms with Gasteiger partial charge in [0.25, 0.3) is 5.56 Å². The molecule has 0 bridgehead atoms. The van der Waals surface area contributed by atoms with Crippen molar-refractivity contribution in [3.8, 4) is 17.1 Å². The van der Waals surface area contributed by atoms with E-state index in [1.54, 1.807) is 6.07 Å². The molecule has 0 spiro atoms. The molecule has 0 saturated heterocycles. The summed E-state index contributed by atoms with van der Waals surface area (Å²) in [6, 6.07) is 11.1. The fourth-order valence-corrected chi connectivity index (χ4v) is 2.96. The number of aromatic nitrogens is 2. The van der Waals surface area contributed by atoms with Crippen molar-refractivity contribution in [1.82, 2.24) is 9.97 Å². The number of hydrogen-bond acceptors (Lipinski definition) is 4. The number of hydrogen-bond donors (Lipinski definition) is 1. The molecule has 1 aromatic heterocycles. The third-order valence-corrected chi connectivity index (χ3v) is 4.11. The zero-order valence-corrected chi connectivity index (χ0v) is 12.9. The lowest BCUT2D eigenvalue weighted by atomic mass is 10.0. The quantitative estimate of drug-likeness (QED) is 0.734. The summed E-state index contributed by atoms with van der Waals surface area (Å²) in [4.78, 5) is 19.6. The molecule has 0 saturated carbocycles. The number of aromatic amines is 1. The highest BCUT2D eigenvalue weighted by Crippen LogP contribution is 2.33. The van der Waals surface area contributed by atoms with Gasteiger partial charge in [-0.05, 0) is 24.3 Å². The first-order valence-electron chi connectivity index (χ1n) is 7.18. The number of halogens is 1. The highest BCUT2D eigenvalue weighted by molar-refractivity contribution is 6.17. The monoisotopic (exact) mass is 328 g/mol. The van der Waals surface area contributed by atoms with E-state index in [2.05, 4.69) is 9.97 Å². The number of rotatable bonds is 2. The zero-order valence-electron chi connectivity index (χ0n) is 12.1. The molecule has 1 aliphatic heterocycles. The van der Waals surface area contributed by atoms with Crippen LogP contribution >= 0.6 is 11.6 Å². The molecule has 1 aliphatic rings. The maximum Gasteiger partial charge on any atom is 0.259 e. The van der Waals surface area contributed by atoms with Crippen molar-refractivity contribution >= 4 is 22.5 Å². The lowest BCUT2D eigenvalue weighted by Gasteiger charge is -2.21. The summed E-state index contributed by atoms with van der Waals surface area (Å²) in [7, 11) is 0. The summed E-state index contributed by atoms with van der Waals surface area (Å²) in [6.07, 6.45) is 0. The van der Waals surface area contributed by atoms with Gasteiger partial charge in [0.2, 0.25) is 0 Å². The van der Waals surface area contributed by atoms with Gasteiger partial charge in [0.15, 0.2) is 6.79 Å². The first-order chi connectivity index (χ1) is 11.3. The summed E-state index contributed by atoms with van der Waals surface area (Å²) >= 11 is 6.04. The average Bonchev–Trinajstić information content (AvgIpc) is 2.60. The summed E-state index contributed by atoms with van der Waals surface area (Å²) in [5, 5.41) is 0.568. The largest absolute Gasteiger partial charge is 0.467 e. The number of fused-ring (bicyclic) bond motifs is 2. The van der Waals surface area contributed by atoms with E-state index < -0.39 is 0 Å². The molecule has 0 unspecified atom stereocenters. The highest BCUT2D eigenvalue weighted by atomic mass is 35.5. The SMILES string of the molecule is O=c1[nH]c(-c2cc(CCl)c3c(c2)COCO3)nc2ccccc12. The van der Waals surface area contributed by atoms with Crippen LogP contribution < -0.4 is 10.3 Å². The Hall–Kier alpha value is -2.37. The number of nitrogens with one attached hydrogen (secondary N) is 1. The Morgan fingerprint density at radius 1 is 1.26 bits per heavy atom. The predicted octanol–water partition coefficient (Wildman–Crippen LogP) is 3.20. The number of nitrogens with zero attached hydrogens (tertiary/aromatic N) is 1. The average molecular weight is 329 g/mol. The third-order valence-electron chi connectivity index (χ3n) is 3.82. The van der Waals surface area contributed by atoms with Crippen molar-refractivity contribution < 1.29 is 9.47 Å². The second-order valence-corrected chi connectivity index (χ2v) is 5.57. The van der Waals surface area contributed by atoms with E-state index in [0.29, 0.717) is 29.2 Å². The smallest absolute Gasteiger partial charge is 0.259 e. The Morgan fingerprint density at radius 3 is 3.00 bits per heavy atom. The summed E-state index contributed by atoms with van der Waals surface area (Å²) in [5.41, 5.74) is 3.04. The van der Waals surface area contributed by atoms with Crippen molar-refractivity contribution in [2.24, 2.45) is 0 Å². The van der Waals surface area contributed by atoms with E-state index in [4.69, 9.17) is 21.1 Å². The molecule has 2 heterocycles. The first kappa shape index (κ1) is 14.2. The highest BCUT2D eigenvalue weighted by Gasteiger charge is 2.18. The van der Waals surface area contributed by atoms with Gasteiger partial charge in [-0.1, -0.05) is 12.1 Å². The minimum absolute atomic E-state index is 0.164. The number of alkyl halides is 1. The van der Waals surface area contributed by atoms with Crippen LogP contribution in [-0.2, 0) is 17.2 Å². The maximum absolute atomic E-state index is 12.2. The van der Waals surface area contributed by atoms with Crippen LogP contribution in [0, 0.1) is 0 Å². The Bertz CT molecular complexity index is 935. The van der Waals surface area contributed by atoms with Crippen LogP contribution in [0.4, 0.5) is 0 Å². The predicted molar refractivity (Wildman–Crippen MR) is 87.6 cm³/mol. The van der Waals surface area contributed by atoms with E-state index in [1.807, 2.05) is 30.3 Å². The van der Waals surface area contributed by atoms with E-state index in [-0.39, 0.29) is 12.4 Å². The minimum Gasteiger partial charge on any atom is -0.467 e. The number of para-hydroxylation sites is 1. The third kappa shape index (κ3) is 2.48. The second-order valence-electron chi connectivity index (χ2n) is 5.30. The van der Waals surface area contributed by atoms with Gasteiger partial charge < -0.3 is 14.5 Å². The normalized spacial score (nSPS) is 13.6. The maximum atomic E-state index is 12.2. The Balaban J connectivity index is 1.92. The van der Waals surface area contributed by atoms with Crippen molar-refractivity contribution in [1.29, 1.82) is 0 Å². The van der Waals surface area contributed by atoms with Gasteiger partial charge in [-0.15, -0.1) is 11.6 Å². The van der Waals surface area contributed by atoms with Gasteiger partial charge in [-0.2, -0.15) is 0 Å². The fourth-order valence-electron chi connectivity index (χ4n) is 2.76. The molecule has 23 heavy (non-hydrogen) atoms. The topological polar surface area (TPSA) is 64.2 Å². The number of benzene rings is 2. The van der Waals surface area contributed by atoms with E-state index in [1.165, 1.54) is 0 Å². The van der Waals surface area contributed by atoms with Crippen LogP contribution in [-0.4, -0.2) is 16.8 Å². The lowest BCUT2D eigenvalue weighted by Crippen LogP contribution is -2.14. The van der Waals surface area contributed by atoms with E-state index >= 15 is 0 Å². The number of H-pyrrole nitrogens is 1. The molecule has 0 radical (unpaired) electrons. The van der Waals surface area contributed by atoms with Gasteiger partial charge >= 0.3 is 0 Å². The van der Waals surface area contributed by atoms with Gasteiger partial charge in [0.05, 0.1) is 23.4 Å². The van der Waals surface area contributed by atoms with E-state index in [9.17, 15) is 4.79 Å². The van der Waals surface area contributed by atoms with Crippen molar-refractivity contribution in [2.45, 2.75) is 12.5 Å². The van der Waals surface area contributed by atoms with Gasteiger partial charge in [0, 0.05) is 16.7 Å². The Labute approximate surface area is 136 Å². The first-order valence-corrected chi connectivity index (χ1v) is 7.71. The standard InChI is InChI=1S/C17H13ClN2O3/c18-7-11-5-10(6-12-8-22-9-23-15(11)12)16-19-14-4-2-1-3-13(14)17(21)20-16/h1-6H,7-9H2,(H,19,20,21). The molecule has 3 aromatic rings. The molecule has 4 rings (SSSR count). The van der Waals surface area contributed by atoms with Crippen molar-refractivity contribution in [2.75, 3.05) is 6.79 Å². The minimum atomic E-state index is -0.164. The fraction of sp³-hybridized carbons (Fsp3) is 0.176. The molecule has 5 nitrogen and oxygen atoms in total. The second kappa shape index (κ2) is 5.68. The molecule has 0 aliphatic carbocycles. The van der Waals surface area contributed by atoms with Gasteiger partial charge in [0.1, 0.15) is 11.6 Å². The lowest BCUT2D eigenvalue weighted by molar-refractivity contribution is -0.0168. The summed E-state index contributed by atoms with van der Waals surface area (Å²) < 4.78 is 10.9.